The second-order valence-electron chi connectivity index (χ2n) is 5.65. The van der Waals surface area contributed by atoms with Crippen LogP contribution in [-0.4, -0.2) is 58.2 Å². The number of amides is 3. The molecule has 0 aromatic heterocycles. The summed E-state index contributed by atoms with van der Waals surface area (Å²) in [4.78, 5) is 25.6. The van der Waals surface area contributed by atoms with Crippen molar-refractivity contribution in [2.24, 2.45) is 0 Å². The van der Waals surface area contributed by atoms with Gasteiger partial charge in [0.1, 0.15) is 24.0 Å². The number of ether oxygens (including phenoxy) is 1. The molecule has 1 spiro atoms. The Balaban J connectivity index is 1.56. The van der Waals surface area contributed by atoms with Gasteiger partial charge in [0.15, 0.2) is 0 Å². The van der Waals surface area contributed by atoms with Crippen LogP contribution in [0.4, 0.5) is 4.79 Å². The number of β-amino-alcohol motifs (C(OH)–C–C–N with tert-alkyl or cyclic N) is 1. The molecule has 1 aromatic rings. The fraction of sp³-hybridized carbons (Fsp3) is 0.467. The van der Waals surface area contributed by atoms with Crippen LogP contribution in [0.25, 0.3) is 0 Å². The third-order valence-corrected chi connectivity index (χ3v) is 5.58. The van der Waals surface area contributed by atoms with E-state index in [1.54, 1.807) is 23.9 Å². The maximum Gasteiger partial charge on any atom is 0.325 e. The number of imide groups is 1. The lowest BCUT2D eigenvalue weighted by Crippen LogP contribution is -2.47. The molecule has 2 saturated heterocycles. The van der Waals surface area contributed by atoms with E-state index in [2.05, 4.69) is 21.2 Å². The Bertz CT molecular complexity index is 621. The summed E-state index contributed by atoms with van der Waals surface area (Å²) in [6.45, 7) is -0.0552. The van der Waals surface area contributed by atoms with Gasteiger partial charge in [0.05, 0.1) is 6.54 Å². The summed E-state index contributed by atoms with van der Waals surface area (Å²) in [6, 6.07) is 6.82. The molecule has 2 heterocycles. The average Bonchev–Trinajstić information content (AvgIpc) is 3.07. The molecule has 3 amide bonds. The van der Waals surface area contributed by atoms with Crippen LogP contribution in [0.15, 0.2) is 28.7 Å². The monoisotopic (exact) mass is 400 g/mol. The number of benzene rings is 1. The fourth-order valence-corrected chi connectivity index (χ4v) is 4.39. The Morgan fingerprint density at radius 1 is 1.48 bits per heavy atom. The number of rotatable bonds is 5. The van der Waals surface area contributed by atoms with E-state index in [-0.39, 0.29) is 19.1 Å². The van der Waals surface area contributed by atoms with Crippen molar-refractivity contribution >= 4 is 39.6 Å². The molecule has 2 aliphatic rings. The van der Waals surface area contributed by atoms with Crippen molar-refractivity contribution in [3.63, 3.8) is 0 Å². The second-order valence-corrected chi connectivity index (χ2v) is 7.67. The van der Waals surface area contributed by atoms with Gasteiger partial charge in [0.25, 0.3) is 5.91 Å². The molecule has 0 saturated carbocycles. The molecular weight excluding hydrogens is 384 g/mol. The average molecular weight is 401 g/mol. The third-order valence-electron chi connectivity index (χ3n) is 3.90. The third kappa shape index (κ3) is 3.49. The van der Waals surface area contributed by atoms with Gasteiger partial charge in [-0.25, -0.2) is 4.79 Å². The summed E-state index contributed by atoms with van der Waals surface area (Å²) in [5.41, 5.74) is -0.771. The molecular formula is C15H17BrN2O4S. The van der Waals surface area contributed by atoms with Crippen molar-refractivity contribution in [2.45, 2.75) is 18.1 Å². The highest BCUT2D eigenvalue weighted by Gasteiger charge is 2.53. The van der Waals surface area contributed by atoms with Gasteiger partial charge in [0.2, 0.25) is 0 Å². The number of urea groups is 1. The summed E-state index contributed by atoms with van der Waals surface area (Å²) < 4.78 is 6.37. The van der Waals surface area contributed by atoms with Crippen molar-refractivity contribution in [1.82, 2.24) is 10.2 Å². The van der Waals surface area contributed by atoms with Crippen LogP contribution in [0.1, 0.15) is 6.42 Å². The van der Waals surface area contributed by atoms with Gasteiger partial charge in [-0.15, -0.1) is 0 Å². The summed E-state index contributed by atoms with van der Waals surface area (Å²) in [7, 11) is 0. The van der Waals surface area contributed by atoms with Crippen LogP contribution in [-0.2, 0) is 4.79 Å². The molecule has 124 valence electrons. The predicted octanol–water partition coefficient (Wildman–Crippen LogP) is 1.62. The van der Waals surface area contributed by atoms with Crippen LogP contribution in [0.3, 0.4) is 0 Å². The molecule has 2 fully saturated rings. The van der Waals surface area contributed by atoms with Crippen LogP contribution in [0.2, 0.25) is 0 Å². The van der Waals surface area contributed by atoms with Gasteiger partial charge in [-0.1, -0.05) is 22.0 Å². The predicted molar refractivity (Wildman–Crippen MR) is 90.6 cm³/mol. The minimum atomic E-state index is -0.937. The van der Waals surface area contributed by atoms with E-state index < -0.39 is 17.7 Å². The van der Waals surface area contributed by atoms with Crippen molar-refractivity contribution < 1.29 is 19.4 Å². The van der Waals surface area contributed by atoms with E-state index in [0.29, 0.717) is 17.9 Å². The number of carbonyl (C=O) groups excluding carboxylic acids is 2. The number of halogens is 1. The van der Waals surface area contributed by atoms with E-state index in [4.69, 9.17) is 4.74 Å². The molecule has 0 aliphatic carbocycles. The minimum absolute atomic E-state index is 0.00919. The van der Waals surface area contributed by atoms with Gasteiger partial charge in [-0.2, -0.15) is 11.8 Å². The van der Waals surface area contributed by atoms with Gasteiger partial charge < -0.3 is 15.2 Å². The van der Waals surface area contributed by atoms with Gasteiger partial charge in [-0.3, -0.25) is 9.69 Å². The zero-order chi connectivity index (χ0) is 16.4. The Morgan fingerprint density at radius 2 is 2.30 bits per heavy atom. The molecule has 8 heteroatoms. The van der Waals surface area contributed by atoms with E-state index >= 15 is 0 Å². The van der Waals surface area contributed by atoms with E-state index in [1.165, 1.54) is 0 Å². The lowest BCUT2D eigenvalue weighted by molar-refractivity contribution is -0.131. The van der Waals surface area contributed by atoms with Crippen LogP contribution < -0.4 is 10.1 Å². The zero-order valence-electron chi connectivity index (χ0n) is 12.3. The first-order valence-corrected chi connectivity index (χ1v) is 9.23. The number of aliphatic hydroxyl groups is 1. The topological polar surface area (TPSA) is 78.9 Å². The number of nitrogens with one attached hydrogen (secondary N) is 1. The lowest BCUT2D eigenvalue weighted by atomic mass is 9.99. The van der Waals surface area contributed by atoms with E-state index in [0.717, 1.165) is 15.1 Å². The van der Waals surface area contributed by atoms with E-state index in [9.17, 15) is 14.7 Å². The standard InChI is InChI=1S/C15H17BrN2O4S/c16-10-2-1-3-12(6-10)22-8-11(19)7-18-13(20)15(17-14(18)21)4-5-23-9-15/h1-3,6,11,19H,4-5,7-9H2,(H,17,21). The quantitative estimate of drug-likeness (QED) is 0.734. The number of hydrogen-bond acceptors (Lipinski definition) is 5. The number of hydrogen-bond donors (Lipinski definition) is 2. The summed E-state index contributed by atoms with van der Waals surface area (Å²) >= 11 is 4.99. The summed E-state index contributed by atoms with van der Waals surface area (Å²) in [5.74, 6) is 1.82. The molecule has 1 aromatic carbocycles. The zero-order valence-corrected chi connectivity index (χ0v) is 14.7. The number of carbonyl (C=O) groups is 2. The first-order valence-electron chi connectivity index (χ1n) is 7.28. The second kappa shape index (κ2) is 6.70. The van der Waals surface area contributed by atoms with Crippen molar-refractivity contribution in [2.75, 3.05) is 24.7 Å². The Labute approximate surface area is 146 Å². The van der Waals surface area contributed by atoms with Crippen LogP contribution >= 0.6 is 27.7 Å². The Hall–Kier alpha value is -1.25. The molecule has 2 N–H and O–H groups in total. The first kappa shape index (κ1) is 16.6. The number of nitrogens with zero attached hydrogens (tertiary/aromatic N) is 1. The maximum absolute atomic E-state index is 12.5. The Morgan fingerprint density at radius 3 is 3.00 bits per heavy atom. The molecule has 23 heavy (non-hydrogen) atoms. The van der Waals surface area contributed by atoms with Gasteiger partial charge in [-0.05, 0) is 30.4 Å². The minimum Gasteiger partial charge on any atom is -0.491 e. The Kier molecular flexibility index (Phi) is 4.84. The van der Waals surface area contributed by atoms with Crippen molar-refractivity contribution in [1.29, 1.82) is 0 Å². The normalized spacial score (nSPS) is 25.0. The number of aliphatic hydroxyl groups excluding tert-OH is 1. The molecule has 3 rings (SSSR count). The van der Waals surface area contributed by atoms with Crippen LogP contribution in [0.5, 0.6) is 5.75 Å². The molecule has 0 radical (unpaired) electrons. The lowest BCUT2D eigenvalue weighted by Gasteiger charge is -2.21. The highest BCUT2D eigenvalue weighted by molar-refractivity contribution is 9.10. The molecule has 2 atom stereocenters. The first-order chi connectivity index (χ1) is 11.0. The number of thioether (sulfide) groups is 1. The molecule has 0 bridgehead atoms. The van der Waals surface area contributed by atoms with Crippen molar-refractivity contribution in [3.8, 4) is 5.75 Å². The molecule has 2 aliphatic heterocycles. The fourth-order valence-electron chi connectivity index (χ4n) is 2.69. The highest BCUT2D eigenvalue weighted by atomic mass is 79.9. The SMILES string of the molecule is O=C1NC2(CCSC2)C(=O)N1CC(O)COc1cccc(Br)c1. The van der Waals surface area contributed by atoms with Gasteiger partial charge in [0, 0.05) is 10.2 Å². The summed E-state index contributed by atoms with van der Waals surface area (Å²) in [5, 5.41) is 12.9. The largest absolute Gasteiger partial charge is 0.491 e. The molecule has 6 nitrogen and oxygen atoms in total. The molecule has 2 unspecified atom stereocenters. The maximum atomic E-state index is 12.5. The highest BCUT2D eigenvalue weighted by Crippen LogP contribution is 2.33. The van der Waals surface area contributed by atoms with E-state index in [1.807, 2.05) is 12.1 Å². The van der Waals surface area contributed by atoms with Gasteiger partial charge >= 0.3 is 6.03 Å². The van der Waals surface area contributed by atoms with Crippen LogP contribution in [0, 0.1) is 0 Å². The van der Waals surface area contributed by atoms with Crippen molar-refractivity contribution in [3.05, 3.63) is 28.7 Å². The smallest absolute Gasteiger partial charge is 0.325 e. The summed E-state index contributed by atoms with van der Waals surface area (Å²) in [6.07, 6.45) is -0.295.